The lowest BCUT2D eigenvalue weighted by Gasteiger charge is -2.33. The summed E-state index contributed by atoms with van der Waals surface area (Å²) in [5, 5.41) is 3.59. The molecule has 2 amide bonds. The van der Waals surface area contributed by atoms with E-state index in [1.54, 1.807) is 54.3 Å². The topological polar surface area (TPSA) is 84.9 Å². The van der Waals surface area contributed by atoms with Gasteiger partial charge in [-0.25, -0.2) is 0 Å². The molecule has 7 nitrogen and oxygen atoms in total. The Kier molecular flexibility index (Phi) is 7.52. The number of ether oxygens (including phenoxy) is 2. The second-order valence-electron chi connectivity index (χ2n) is 7.41. The van der Waals surface area contributed by atoms with Crippen LogP contribution in [-0.4, -0.2) is 47.9 Å². The van der Waals surface area contributed by atoms with E-state index in [-0.39, 0.29) is 17.9 Å². The number of hydrogen-bond donors (Lipinski definition) is 1. The molecule has 1 atom stereocenters. The Balaban J connectivity index is 1.48. The van der Waals surface area contributed by atoms with Gasteiger partial charge in [-0.1, -0.05) is 17.7 Å². The molecule has 164 valence electrons. The summed E-state index contributed by atoms with van der Waals surface area (Å²) in [6.07, 6.45) is 0.681. The number of nitrogens with zero attached hydrogens (tertiary/aromatic N) is 1. The normalized spacial score (nSPS) is 15.1. The van der Waals surface area contributed by atoms with Crippen LogP contribution in [0.25, 0.3) is 0 Å². The Morgan fingerprint density at radius 3 is 2.39 bits per heavy atom. The van der Waals surface area contributed by atoms with Crippen LogP contribution in [0.2, 0.25) is 5.02 Å². The number of nitrogens with one attached hydrogen (secondary N) is 1. The van der Waals surface area contributed by atoms with Gasteiger partial charge in [0.1, 0.15) is 11.5 Å². The molecule has 1 unspecified atom stereocenters. The van der Waals surface area contributed by atoms with Crippen molar-refractivity contribution < 1.29 is 23.9 Å². The molecule has 1 aliphatic heterocycles. The average Bonchev–Trinajstić information content (AvgIpc) is 2.75. The number of amides is 2. The van der Waals surface area contributed by atoms with E-state index >= 15 is 0 Å². The van der Waals surface area contributed by atoms with Crippen molar-refractivity contribution in [3.8, 4) is 11.5 Å². The summed E-state index contributed by atoms with van der Waals surface area (Å²) in [5.41, 5.74) is 0.419. The maximum atomic E-state index is 12.7. The fourth-order valence-corrected chi connectivity index (χ4v) is 3.53. The molecule has 8 heteroatoms. The number of hydrogen-bond acceptors (Lipinski definition) is 5. The van der Waals surface area contributed by atoms with Gasteiger partial charge in [-0.3, -0.25) is 14.4 Å². The van der Waals surface area contributed by atoms with Gasteiger partial charge >= 0.3 is 5.97 Å². The van der Waals surface area contributed by atoms with Crippen molar-refractivity contribution >= 4 is 29.4 Å². The van der Waals surface area contributed by atoms with Gasteiger partial charge in [0.25, 0.3) is 11.8 Å². The van der Waals surface area contributed by atoms with Crippen molar-refractivity contribution in [2.24, 2.45) is 0 Å². The standard InChI is InChI=1S/C23H25ClN2O5/c1-15(30-20-8-6-18(24)7-9-20)23(29)26-12-10-19(11-13-26)25-22(28)17-4-3-5-21(14-17)31-16(2)27/h3-9,14-15,19H,10-13H2,1-2H3,(H,25,28). The second kappa shape index (κ2) is 10.3. The molecular formula is C23H25ClN2O5. The number of likely N-dealkylation sites (tertiary alicyclic amines) is 1. The molecule has 1 fully saturated rings. The highest BCUT2D eigenvalue weighted by molar-refractivity contribution is 6.30. The smallest absolute Gasteiger partial charge is 0.308 e. The van der Waals surface area contributed by atoms with Gasteiger partial charge in [-0.15, -0.1) is 0 Å². The lowest BCUT2D eigenvalue weighted by molar-refractivity contribution is -0.139. The van der Waals surface area contributed by atoms with Crippen molar-refractivity contribution in [3.63, 3.8) is 0 Å². The largest absolute Gasteiger partial charge is 0.481 e. The maximum Gasteiger partial charge on any atom is 0.308 e. The van der Waals surface area contributed by atoms with Crippen LogP contribution in [0.3, 0.4) is 0 Å². The molecule has 1 N–H and O–H groups in total. The molecule has 2 aromatic carbocycles. The molecule has 3 rings (SSSR count). The number of halogens is 1. The first-order valence-corrected chi connectivity index (χ1v) is 10.5. The molecule has 0 saturated carbocycles. The van der Waals surface area contributed by atoms with E-state index in [1.807, 2.05) is 0 Å². The maximum absolute atomic E-state index is 12.7. The summed E-state index contributed by atoms with van der Waals surface area (Å²) < 4.78 is 10.7. The second-order valence-corrected chi connectivity index (χ2v) is 7.84. The molecule has 1 saturated heterocycles. The number of carbonyl (C=O) groups excluding carboxylic acids is 3. The van der Waals surface area contributed by atoms with E-state index in [4.69, 9.17) is 21.1 Å². The van der Waals surface area contributed by atoms with Gasteiger partial charge in [-0.2, -0.15) is 0 Å². The number of benzene rings is 2. The highest BCUT2D eigenvalue weighted by atomic mass is 35.5. The Labute approximate surface area is 186 Å². The van der Waals surface area contributed by atoms with Gasteiger partial charge in [0.15, 0.2) is 6.10 Å². The fourth-order valence-electron chi connectivity index (χ4n) is 3.40. The third-order valence-electron chi connectivity index (χ3n) is 4.97. The van der Waals surface area contributed by atoms with E-state index in [2.05, 4.69) is 5.32 Å². The van der Waals surface area contributed by atoms with Crippen LogP contribution < -0.4 is 14.8 Å². The number of rotatable bonds is 6. The van der Waals surface area contributed by atoms with Crippen molar-refractivity contribution in [2.45, 2.75) is 38.8 Å². The monoisotopic (exact) mass is 444 g/mol. The van der Waals surface area contributed by atoms with Gasteiger partial charge < -0.3 is 19.7 Å². The SMILES string of the molecule is CC(=O)Oc1cccc(C(=O)NC2CCN(C(=O)C(C)Oc3ccc(Cl)cc3)CC2)c1. The number of esters is 1. The summed E-state index contributed by atoms with van der Waals surface area (Å²) in [6.45, 7) is 4.10. The van der Waals surface area contributed by atoms with E-state index in [0.29, 0.717) is 48.0 Å². The summed E-state index contributed by atoms with van der Waals surface area (Å²) >= 11 is 5.87. The first-order valence-electron chi connectivity index (χ1n) is 10.1. The van der Waals surface area contributed by atoms with Crippen LogP contribution in [0.15, 0.2) is 48.5 Å². The lowest BCUT2D eigenvalue weighted by Crippen LogP contribution is -2.49. The Morgan fingerprint density at radius 2 is 1.74 bits per heavy atom. The molecule has 2 aromatic rings. The van der Waals surface area contributed by atoms with E-state index in [9.17, 15) is 14.4 Å². The van der Waals surface area contributed by atoms with E-state index in [1.165, 1.54) is 13.0 Å². The molecule has 1 aliphatic rings. The van der Waals surface area contributed by atoms with Gasteiger partial charge in [0.05, 0.1) is 0 Å². The van der Waals surface area contributed by atoms with Gasteiger partial charge in [0, 0.05) is 36.6 Å². The lowest BCUT2D eigenvalue weighted by atomic mass is 10.0. The predicted molar refractivity (Wildman–Crippen MR) is 116 cm³/mol. The van der Waals surface area contributed by atoms with Crippen LogP contribution in [0.5, 0.6) is 11.5 Å². The zero-order valence-electron chi connectivity index (χ0n) is 17.5. The van der Waals surface area contributed by atoms with Gasteiger partial charge in [-0.05, 0) is 62.2 Å². The quantitative estimate of drug-likeness (QED) is 0.545. The molecule has 0 radical (unpaired) electrons. The summed E-state index contributed by atoms with van der Waals surface area (Å²) in [4.78, 5) is 38.1. The van der Waals surface area contributed by atoms with E-state index < -0.39 is 12.1 Å². The average molecular weight is 445 g/mol. The molecule has 0 bridgehead atoms. The zero-order chi connectivity index (χ0) is 22.4. The van der Waals surface area contributed by atoms with E-state index in [0.717, 1.165) is 0 Å². The minimum atomic E-state index is -0.615. The summed E-state index contributed by atoms with van der Waals surface area (Å²) in [5.74, 6) is 0.148. The molecule has 0 spiro atoms. The molecule has 31 heavy (non-hydrogen) atoms. The van der Waals surface area contributed by atoms with Crippen LogP contribution in [0, 0.1) is 0 Å². The molecule has 0 aliphatic carbocycles. The van der Waals surface area contributed by atoms with Crippen LogP contribution in [0.4, 0.5) is 0 Å². The third-order valence-corrected chi connectivity index (χ3v) is 5.23. The van der Waals surface area contributed by atoms with Crippen molar-refractivity contribution in [1.29, 1.82) is 0 Å². The van der Waals surface area contributed by atoms with Gasteiger partial charge in [0.2, 0.25) is 0 Å². The minimum absolute atomic E-state index is 0.0404. The number of carbonyl (C=O) groups is 3. The van der Waals surface area contributed by atoms with Crippen LogP contribution in [0.1, 0.15) is 37.0 Å². The third kappa shape index (κ3) is 6.46. The minimum Gasteiger partial charge on any atom is -0.481 e. The first kappa shape index (κ1) is 22.6. The van der Waals surface area contributed by atoms with Crippen LogP contribution >= 0.6 is 11.6 Å². The zero-order valence-corrected chi connectivity index (χ0v) is 18.2. The fraction of sp³-hybridized carbons (Fsp3) is 0.348. The highest BCUT2D eigenvalue weighted by Gasteiger charge is 2.28. The molecular weight excluding hydrogens is 420 g/mol. The first-order chi connectivity index (χ1) is 14.8. The van der Waals surface area contributed by atoms with Crippen LogP contribution in [-0.2, 0) is 9.59 Å². The predicted octanol–water partition coefficient (Wildman–Crippen LogP) is 3.45. The number of piperidine rings is 1. The molecule has 0 aromatic heterocycles. The summed E-state index contributed by atoms with van der Waals surface area (Å²) in [7, 11) is 0. The highest BCUT2D eigenvalue weighted by Crippen LogP contribution is 2.19. The Hall–Kier alpha value is -3.06. The summed E-state index contributed by atoms with van der Waals surface area (Å²) in [6, 6.07) is 13.3. The van der Waals surface area contributed by atoms with Crippen molar-refractivity contribution in [3.05, 3.63) is 59.1 Å². The Bertz CT molecular complexity index is 939. The van der Waals surface area contributed by atoms with Crippen molar-refractivity contribution in [2.75, 3.05) is 13.1 Å². The van der Waals surface area contributed by atoms with Crippen molar-refractivity contribution in [1.82, 2.24) is 10.2 Å². The Morgan fingerprint density at radius 1 is 1.06 bits per heavy atom. The molecule has 1 heterocycles.